The van der Waals surface area contributed by atoms with Crippen molar-refractivity contribution in [2.45, 2.75) is 133 Å². The molecule has 2 aromatic rings. The lowest BCUT2D eigenvalue weighted by Gasteiger charge is -2.29. The Morgan fingerprint density at radius 3 is 1.58 bits per heavy atom. The van der Waals surface area contributed by atoms with E-state index in [9.17, 15) is 19.5 Å². The summed E-state index contributed by atoms with van der Waals surface area (Å²) in [6.45, 7) is 2.98. The highest BCUT2D eigenvalue weighted by molar-refractivity contribution is 5.94. The number of hydrogen-bond acceptors (Lipinski definition) is 13. The van der Waals surface area contributed by atoms with E-state index in [2.05, 4.69) is 0 Å². The van der Waals surface area contributed by atoms with Crippen LogP contribution < -0.4 is 0 Å². The number of carbonyl (C=O) groups is 3. The Morgan fingerprint density at radius 2 is 1.13 bits per heavy atom. The Labute approximate surface area is 308 Å². The second kappa shape index (κ2) is 16.4. The number of esters is 3. The Hall–Kier alpha value is -3.69. The number of aliphatic hydroxyl groups is 1. The second-order valence-corrected chi connectivity index (χ2v) is 14.4. The van der Waals surface area contributed by atoms with E-state index in [1.807, 2.05) is 60.7 Å². The van der Waals surface area contributed by atoms with Gasteiger partial charge in [-0.15, -0.1) is 0 Å². The van der Waals surface area contributed by atoms with Crippen molar-refractivity contribution in [3.63, 3.8) is 0 Å². The van der Waals surface area contributed by atoms with Gasteiger partial charge in [0.05, 0.1) is 32.0 Å². The Bertz CT molecular complexity index is 1620. The van der Waals surface area contributed by atoms with Gasteiger partial charge in [-0.2, -0.15) is 0 Å². The van der Waals surface area contributed by atoms with Crippen LogP contribution in [0.3, 0.4) is 0 Å². The molecule has 0 amide bonds. The van der Waals surface area contributed by atoms with Crippen molar-refractivity contribution in [1.29, 1.82) is 0 Å². The van der Waals surface area contributed by atoms with Crippen molar-refractivity contribution in [2.75, 3.05) is 13.2 Å². The highest BCUT2D eigenvalue weighted by atomic mass is 16.8. The topological polar surface area (TPSA) is 155 Å². The largest absolute Gasteiger partial charge is 0.457 e. The lowest BCUT2D eigenvalue weighted by molar-refractivity contribution is -0.188. The van der Waals surface area contributed by atoms with E-state index >= 15 is 0 Å². The molecule has 13 nitrogen and oxygen atoms in total. The monoisotopic (exact) mass is 736 g/mol. The summed E-state index contributed by atoms with van der Waals surface area (Å²) in [7, 11) is 0. The number of cyclic esters (lactones) is 1. The number of rotatable bonds is 14. The van der Waals surface area contributed by atoms with Crippen LogP contribution >= 0.6 is 0 Å². The molecule has 1 unspecified atom stereocenters. The van der Waals surface area contributed by atoms with Crippen LogP contribution in [-0.2, 0) is 70.2 Å². The van der Waals surface area contributed by atoms with Gasteiger partial charge in [-0.1, -0.05) is 60.7 Å². The van der Waals surface area contributed by atoms with E-state index in [1.165, 1.54) is 13.8 Å². The van der Waals surface area contributed by atoms with Crippen LogP contribution in [0.4, 0.5) is 0 Å². The average Bonchev–Trinajstić information content (AvgIpc) is 3.98. The molecular formula is C40H48O13. The summed E-state index contributed by atoms with van der Waals surface area (Å²) in [4.78, 5) is 38.9. The van der Waals surface area contributed by atoms with Crippen molar-refractivity contribution >= 4 is 17.9 Å². The van der Waals surface area contributed by atoms with Gasteiger partial charge in [0, 0.05) is 45.1 Å². The van der Waals surface area contributed by atoms with Crippen LogP contribution in [0.25, 0.3) is 0 Å². The van der Waals surface area contributed by atoms with E-state index in [-0.39, 0.29) is 37.6 Å². The molecular weight excluding hydrogens is 688 g/mol. The fourth-order valence-corrected chi connectivity index (χ4v) is 8.18. The molecule has 1 N–H and O–H groups in total. The minimum atomic E-state index is -1.72. The molecule has 5 aliphatic rings. The van der Waals surface area contributed by atoms with Crippen molar-refractivity contribution in [3.8, 4) is 0 Å². The van der Waals surface area contributed by atoms with Gasteiger partial charge in [-0.3, -0.25) is 9.59 Å². The highest BCUT2D eigenvalue weighted by Gasteiger charge is 2.61. The zero-order chi connectivity index (χ0) is 37.0. The molecule has 0 bridgehead atoms. The van der Waals surface area contributed by atoms with E-state index in [0.29, 0.717) is 25.7 Å². The fraction of sp³-hybridized carbons (Fsp3) is 0.575. The van der Waals surface area contributed by atoms with Crippen LogP contribution in [0.2, 0.25) is 0 Å². The summed E-state index contributed by atoms with van der Waals surface area (Å²) >= 11 is 0. The lowest BCUT2D eigenvalue weighted by Crippen LogP contribution is -2.45. The summed E-state index contributed by atoms with van der Waals surface area (Å²) in [5.41, 5.74) is 1.93. The van der Waals surface area contributed by atoms with E-state index in [4.69, 9.17) is 42.6 Å². The number of benzene rings is 2. The van der Waals surface area contributed by atoms with Crippen molar-refractivity contribution in [3.05, 3.63) is 82.9 Å². The number of ether oxygens (including phenoxy) is 9. The van der Waals surface area contributed by atoms with Gasteiger partial charge in [0.15, 0.2) is 23.8 Å². The minimum Gasteiger partial charge on any atom is -0.457 e. The van der Waals surface area contributed by atoms with Gasteiger partial charge < -0.3 is 47.7 Å². The van der Waals surface area contributed by atoms with Crippen LogP contribution in [0, 0.1) is 0 Å². The zero-order valence-corrected chi connectivity index (χ0v) is 30.1. The first-order valence-electron chi connectivity index (χ1n) is 18.6. The number of aliphatic hydroxyl groups excluding tert-OH is 1. The third-order valence-corrected chi connectivity index (χ3v) is 10.5. The van der Waals surface area contributed by atoms with Gasteiger partial charge in [-0.05, 0) is 36.8 Å². The number of carbonyl (C=O) groups excluding carboxylic acids is 3. The van der Waals surface area contributed by atoms with Crippen molar-refractivity contribution in [1.82, 2.24) is 0 Å². The molecule has 3 heterocycles. The molecule has 2 saturated carbocycles. The van der Waals surface area contributed by atoms with Crippen molar-refractivity contribution < 1.29 is 62.1 Å². The quantitative estimate of drug-likeness (QED) is 0.213. The van der Waals surface area contributed by atoms with E-state index in [0.717, 1.165) is 36.8 Å². The Kier molecular flexibility index (Phi) is 11.6. The van der Waals surface area contributed by atoms with Crippen LogP contribution in [-0.4, -0.2) is 90.7 Å². The maximum atomic E-state index is 13.9. The van der Waals surface area contributed by atoms with E-state index in [1.54, 1.807) is 0 Å². The second-order valence-electron chi connectivity index (χ2n) is 14.4. The number of hydrogen-bond donors (Lipinski definition) is 1. The Morgan fingerprint density at radius 1 is 0.698 bits per heavy atom. The maximum Gasteiger partial charge on any atom is 0.339 e. The summed E-state index contributed by atoms with van der Waals surface area (Å²) in [5.74, 6) is -4.04. The predicted octanol–water partition coefficient (Wildman–Crippen LogP) is 4.56. The third kappa shape index (κ3) is 8.51. The molecule has 2 spiro atoms. The first kappa shape index (κ1) is 37.6. The molecule has 2 aliphatic carbocycles. The molecule has 286 valence electrons. The van der Waals surface area contributed by atoms with Gasteiger partial charge >= 0.3 is 17.9 Å². The zero-order valence-electron chi connectivity index (χ0n) is 30.1. The van der Waals surface area contributed by atoms with Gasteiger partial charge in [0.2, 0.25) is 6.29 Å². The summed E-state index contributed by atoms with van der Waals surface area (Å²) in [5, 5.41) is 11.5. The molecule has 7 atom stereocenters. The van der Waals surface area contributed by atoms with Crippen molar-refractivity contribution in [2.24, 2.45) is 0 Å². The molecule has 0 radical (unpaired) electrons. The minimum absolute atomic E-state index is 0.00749. The summed E-state index contributed by atoms with van der Waals surface area (Å²) < 4.78 is 55.9. The highest BCUT2D eigenvalue weighted by Crippen LogP contribution is 2.50. The van der Waals surface area contributed by atoms with Crippen LogP contribution in [0.1, 0.15) is 76.3 Å². The molecule has 0 aromatic heterocycles. The van der Waals surface area contributed by atoms with Crippen LogP contribution in [0.5, 0.6) is 0 Å². The maximum absolute atomic E-state index is 13.9. The van der Waals surface area contributed by atoms with Gasteiger partial charge in [-0.25, -0.2) is 4.79 Å². The first-order valence-corrected chi connectivity index (χ1v) is 18.6. The smallest absolute Gasteiger partial charge is 0.339 e. The lowest BCUT2D eigenvalue weighted by atomic mass is 9.91. The molecule has 3 aliphatic heterocycles. The molecule has 4 fully saturated rings. The molecule has 53 heavy (non-hydrogen) atoms. The fourth-order valence-electron chi connectivity index (χ4n) is 8.18. The SMILES string of the molecule is CC(=O)O[C@H](COCc1ccccc1)[C@@H]1OC2(CCCC2)O[C@H]1C1=C([C@@H]2OC3(CCCC3)O[C@H]2[C@@H](COCc2ccccc2)OC(C)=O)C(O)OC1=O. The summed E-state index contributed by atoms with van der Waals surface area (Å²) in [6.07, 6.45) is -2.34. The standard InChI is InChI=1S/C40H48O13/c1-25(41)47-29(23-45-21-27-13-5-3-6-14-27)33-35(52-39(50-33)17-9-10-18-39)31-32(38(44)49-37(31)43)36-34(51-40(53-36)19-11-12-20-40)30(48-26(2)42)24-46-22-28-15-7-4-8-16-28/h3-8,13-16,29-30,33-37,43H,9-12,17-24H2,1-2H3/t29-,30-,33+,34+,35+,36+,37?/m1/s1. The summed E-state index contributed by atoms with van der Waals surface area (Å²) in [6, 6.07) is 19.1. The molecule has 13 heteroatoms. The molecule has 7 rings (SSSR count). The van der Waals surface area contributed by atoms with Crippen LogP contribution in [0.15, 0.2) is 71.8 Å². The average molecular weight is 737 g/mol. The molecule has 2 aromatic carbocycles. The van der Waals surface area contributed by atoms with E-state index < -0.39 is 72.4 Å². The molecule has 2 saturated heterocycles. The Balaban J connectivity index is 1.23. The predicted molar refractivity (Wildman–Crippen MR) is 184 cm³/mol. The normalized spacial score (nSPS) is 28.4. The third-order valence-electron chi connectivity index (χ3n) is 10.5. The first-order chi connectivity index (χ1) is 25.6. The van der Waals surface area contributed by atoms with Gasteiger partial charge in [0.1, 0.15) is 24.4 Å². The van der Waals surface area contributed by atoms with Gasteiger partial charge in [0.25, 0.3) is 0 Å².